The third kappa shape index (κ3) is 1.87. The molecule has 2 rings (SSSR count). The van der Waals surface area contributed by atoms with Crippen LogP contribution < -0.4 is 5.73 Å². The first kappa shape index (κ1) is 9.44. The molecule has 2 saturated heterocycles. The van der Waals surface area contributed by atoms with Gasteiger partial charge in [-0.15, -0.1) is 0 Å². The molecule has 3 heteroatoms. The second-order valence-corrected chi connectivity index (χ2v) is 4.60. The lowest BCUT2D eigenvalue weighted by Crippen LogP contribution is -2.49. The molecule has 3 nitrogen and oxygen atoms in total. The Morgan fingerprint density at radius 3 is 2.62 bits per heavy atom. The molecule has 0 aromatic heterocycles. The summed E-state index contributed by atoms with van der Waals surface area (Å²) < 4.78 is 5.39. The van der Waals surface area contributed by atoms with E-state index < -0.39 is 0 Å². The molecular weight excluding hydrogens is 164 g/mol. The fourth-order valence-corrected chi connectivity index (χ4v) is 2.40. The van der Waals surface area contributed by atoms with Crippen LogP contribution >= 0.6 is 0 Å². The number of hydrogen-bond donors (Lipinski definition) is 1. The zero-order chi connectivity index (χ0) is 9.31. The molecule has 2 heterocycles. The number of nitrogens with two attached hydrogens (primary N) is 1. The summed E-state index contributed by atoms with van der Waals surface area (Å²) in [6, 6.07) is 0.402. The van der Waals surface area contributed by atoms with Crippen LogP contribution in [0.4, 0.5) is 0 Å². The first-order valence-corrected chi connectivity index (χ1v) is 5.29. The first-order valence-electron chi connectivity index (χ1n) is 5.29. The van der Waals surface area contributed by atoms with Crippen molar-refractivity contribution in [2.24, 2.45) is 5.73 Å². The number of rotatable bonds is 1. The third-order valence-corrected chi connectivity index (χ3v) is 3.56. The standard InChI is InChI=1S/C10H20N2O/c1-10(3-6-13-7-4-10)12-5-2-9(11)8-12/h9H,2-8,11H2,1H3. The Labute approximate surface area is 80.2 Å². The largest absolute Gasteiger partial charge is 0.381 e. The van der Waals surface area contributed by atoms with Gasteiger partial charge in [0.15, 0.2) is 0 Å². The van der Waals surface area contributed by atoms with Crippen LogP contribution in [0.3, 0.4) is 0 Å². The van der Waals surface area contributed by atoms with Crippen LogP contribution in [0.25, 0.3) is 0 Å². The molecule has 2 aliphatic heterocycles. The highest BCUT2D eigenvalue weighted by Gasteiger charge is 2.36. The number of ether oxygens (including phenoxy) is 1. The van der Waals surface area contributed by atoms with Gasteiger partial charge in [0.05, 0.1) is 0 Å². The summed E-state index contributed by atoms with van der Waals surface area (Å²) in [6.07, 6.45) is 3.50. The maximum atomic E-state index is 5.92. The molecule has 2 fully saturated rings. The molecule has 0 spiro atoms. The first-order chi connectivity index (χ1) is 6.21. The van der Waals surface area contributed by atoms with Crippen LogP contribution in [0.2, 0.25) is 0 Å². The van der Waals surface area contributed by atoms with E-state index in [1.54, 1.807) is 0 Å². The third-order valence-electron chi connectivity index (χ3n) is 3.56. The molecule has 13 heavy (non-hydrogen) atoms. The summed E-state index contributed by atoms with van der Waals surface area (Å²) in [5, 5.41) is 0. The number of nitrogens with zero attached hydrogens (tertiary/aromatic N) is 1. The van der Waals surface area contributed by atoms with Gasteiger partial charge in [-0.2, -0.15) is 0 Å². The molecule has 0 bridgehead atoms. The summed E-state index contributed by atoms with van der Waals surface area (Å²) in [5.74, 6) is 0. The van der Waals surface area contributed by atoms with E-state index in [9.17, 15) is 0 Å². The van der Waals surface area contributed by atoms with Crippen molar-refractivity contribution in [2.75, 3.05) is 26.3 Å². The molecule has 1 atom stereocenters. The Morgan fingerprint density at radius 1 is 1.38 bits per heavy atom. The van der Waals surface area contributed by atoms with E-state index in [0.29, 0.717) is 11.6 Å². The van der Waals surface area contributed by atoms with Crippen LogP contribution in [0.1, 0.15) is 26.2 Å². The lowest BCUT2D eigenvalue weighted by atomic mass is 9.91. The van der Waals surface area contributed by atoms with Crippen molar-refractivity contribution in [3.05, 3.63) is 0 Å². The van der Waals surface area contributed by atoms with Crippen molar-refractivity contribution in [1.82, 2.24) is 4.90 Å². The normalized spacial score (nSPS) is 35.1. The van der Waals surface area contributed by atoms with Crippen molar-refractivity contribution in [1.29, 1.82) is 0 Å². The Hall–Kier alpha value is -0.120. The maximum absolute atomic E-state index is 5.92. The molecule has 0 aliphatic carbocycles. The van der Waals surface area contributed by atoms with Gasteiger partial charge in [-0.25, -0.2) is 0 Å². The molecule has 0 saturated carbocycles. The predicted octanol–water partition coefficient (Wildman–Crippen LogP) is 0.588. The van der Waals surface area contributed by atoms with E-state index in [2.05, 4.69) is 11.8 Å². The molecule has 76 valence electrons. The summed E-state index contributed by atoms with van der Waals surface area (Å²) in [6.45, 7) is 6.45. The monoisotopic (exact) mass is 184 g/mol. The van der Waals surface area contributed by atoms with Gasteiger partial charge in [0.25, 0.3) is 0 Å². The summed E-state index contributed by atoms with van der Waals surface area (Å²) in [7, 11) is 0. The molecule has 0 aromatic carbocycles. The van der Waals surface area contributed by atoms with Crippen LogP contribution in [0.15, 0.2) is 0 Å². The van der Waals surface area contributed by atoms with Gasteiger partial charge >= 0.3 is 0 Å². The Balaban J connectivity index is 1.97. The molecule has 0 aromatic rings. The highest BCUT2D eigenvalue weighted by molar-refractivity contribution is 4.93. The minimum absolute atomic E-state index is 0.367. The van der Waals surface area contributed by atoms with Gasteiger partial charge in [-0.05, 0) is 26.2 Å². The lowest BCUT2D eigenvalue weighted by Gasteiger charge is -2.41. The fraction of sp³-hybridized carbons (Fsp3) is 1.00. The van der Waals surface area contributed by atoms with Crippen molar-refractivity contribution < 1.29 is 4.74 Å². The predicted molar refractivity (Wildman–Crippen MR) is 52.6 cm³/mol. The number of hydrogen-bond acceptors (Lipinski definition) is 3. The van der Waals surface area contributed by atoms with E-state index in [0.717, 1.165) is 26.2 Å². The highest BCUT2D eigenvalue weighted by Crippen LogP contribution is 2.30. The molecule has 0 radical (unpaired) electrons. The van der Waals surface area contributed by atoms with Crippen molar-refractivity contribution in [2.45, 2.75) is 37.8 Å². The van der Waals surface area contributed by atoms with Crippen LogP contribution in [-0.4, -0.2) is 42.8 Å². The Kier molecular flexibility index (Phi) is 2.58. The average molecular weight is 184 g/mol. The van der Waals surface area contributed by atoms with E-state index in [1.165, 1.54) is 19.4 Å². The van der Waals surface area contributed by atoms with Crippen molar-refractivity contribution in [3.63, 3.8) is 0 Å². The Bertz CT molecular complexity index is 178. The van der Waals surface area contributed by atoms with E-state index >= 15 is 0 Å². The lowest BCUT2D eigenvalue weighted by molar-refractivity contribution is -0.00929. The molecule has 1 unspecified atom stereocenters. The second-order valence-electron chi connectivity index (χ2n) is 4.60. The van der Waals surface area contributed by atoms with Gasteiger partial charge in [0.2, 0.25) is 0 Å². The maximum Gasteiger partial charge on any atom is 0.0483 e. The van der Waals surface area contributed by atoms with Gasteiger partial charge in [0.1, 0.15) is 0 Å². The minimum Gasteiger partial charge on any atom is -0.381 e. The van der Waals surface area contributed by atoms with E-state index in [1.807, 2.05) is 0 Å². The van der Waals surface area contributed by atoms with Gasteiger partial charge in [0, 0.05) is 37.9 Å². The average Bonchev–Trinajstić information content (AvgIpc) is 2.54. The highest BCUT2D eigenvalue weighted by atomic mass is 16.5. The summed E-state index contributed by atoms with van der Waals surface area (Å²) in [5.41, 5.74) is 6.29. The zero-order valence-corrected chi connectivity index (χ0v) is 8.46. The van der Waals surface area contributed by atoms with E-state index in [4.69, 9.17) is 10.5 Å². The summed E-state index contributed by atoms with van der Waals surface area (Å²) in [4.78, 5) is 2.56. The fourth-order valence-electron chi connectivity index (χ4n) is 2.40. The van der Waals surface area contributed by atoms with Crippen molar-refractivity contribution >= 4 is 0 Å². The number of likely N-dealkylation sites (tertiary alicyclic amines) is 1. The quantitative estimate of drug-likeness (QED) is 0.648. The van der Waals surface area contributed by atoms with E-state index in [-0.39, 0.29) is 0 Å². The molecular formula is C10H20N2O. The van der Waals surface area contributed by atoms with Crippen LogP contribution in [-0.2, 0) is 4.74 Å². The molecule has 2 aliphatic rings. The van der Waals surface area contributed by atoms with Crippen LogP contribution in [0.5, 0.6) is 0 Å². The second kappa shape index (κ2) is 3.56. The molecule has 2 N–H and O–H groups in total. The van der Waals surface area contributed by atoms with Gasteiger partial charge < -0.3 is 10.5 Å². The zero-order valence-electron chi connectivity index (χ0n) is 8.46. The van der Waals surface area contributed by atoms with Crippen molar-refractivity contribution in [3.8, 4) is 0 Å². The Morgan fingerprint density at radius 2 is 2.08 bits per heavy atom. The minimum atomic E-state index is 0.367. The smallest absolute Gasteiger partial charge is 0.0483 e. The SMILES string of the molecule is CC1(N2CCC(N)C2)CCOCC1. The topological polar surface area (TPSA) is 38.5 Å². The molecule has 0 amide bonds. The summed E-state index contributed by atoms with van der Waals surface area (Å²) >= 11 is 0. The van der Waals surface area contributed by atoms with Crippen LogP contribution in [0, 0.1) is 0 Å². The van der Waals surface area contributed by atoms with Gasteiger partial charge in [-0.3, -0.25) is 4.90 Å². The van der Waals surface area contributed by atoms with Gasteiger partial charge in [-0.1, -0.05) is 0 Å².